The first-order valence-corrected chi connectivity index (χ1v) is 5.32. The molecular weight excluding hydrogens is 297 g/mol. The SMILES string of the molecule is O=C1CC(O)(Cn2cc(I)cn2)CN1. The molecule has 0 radical (unpaired) electrons. The topological polar surface area (TPSA) is 67.1 Å². The van der Waals surface area contributed by atoms with Crippen LogP contribution in [0.3, 0.4) is 0 Å². The molecule has 5 nitrogen and oxygen atoms in total. The molecule has 2 N–H and O–H groups in total. The lowest BCUT2D eigenvalue weighted by atomic mass is 10.0. The second-order valence-corrected chi connectivity index (χ2v) is 4.78. The van der Waals surface area contributed by atoms with E-state index in [9.17, 15) is 9.90 Å². The zero-order valence-corrected chi connectivity index (χ0v) is 9.56. The van der Waals surface area contributed by atoms with Gasteiger partial charge in [0, 0.05) is 12.7 Å². The Morgan fingerprint density at radius 3 is 3.07 bits per heavy atom. The van der Waals surface area contributed by atoms with E-state index in [1.807, 2.05) is 6.20 Å². The predicted octanol–water partition coefficient (Wildman–Crippen LogP) is -0.261. The monoisotopic (exact) mass is 307 g/mol. The molecule has 1 saturated heterocycles. The third-order valence-corrected chi connectivity index (χ3v) is 2.72. The standard InChI is InChI=1S/C8H10IN3O2/c9-6-2-11-12(3-6)5-8(14)1-7(13)10-4-8/h2-3,14H,1,4-5H2,(H,10,13). The second kappa shape index (κ2) is 3.50. The summed E-state index contributed by atoms with van der Waals surface area (Å²) in [5, 5.41) is 16.6. The normalized spacial score (nSPS) is 26.6. The van der Waals surface area contributed by atoms with Gasteiger partial charge in [-0.25, -0.2) is 0 Å². The number of halogens is 1. The van der Waals surface area contributed by atoms with Gasteiger partial charge in [0.05, 0.1) is 22.7 Å². The Morgan fingerprint density at radius 1 is 1.79 bits per heavy atom. The number of β-amino-alcohol motifs (C(OH)–C–C–N with tert-alkyl or cyclic N) is 1. The molecule has 1 aromatic rings. The number of carbonyl (C=O) groups is 1. The molecule has 2 rings (SSSR count). The highest BCUT2D eigenvalue weighted by Gasteiger charge is 2.36. The molecule has 0 saturated carbocycles. The average Bonchev–Trinajstić information content (AvgIpc) is 2.60. The molecule has 1 aromatic heterocycles. The fourth-order valence-corrected chi connectivity index (χ4v) is 1.97. The molecule has 14 heavy (non-hydrogen) atoms. The van der Waals surface area contributed by atoms with Gasteiger partial charge in [-0.3, -0.25) is 9.48 Å². The minimum absolute atomic E-state index is 0.102. The lowest BCUT2D eigenvalue weighted by Gasteiger charge is -2.19. The zero-order valence-electron chi connectivity index (χ0n) is 7.40. The molecule has 1 unspecified atom stereocenters. The van der Waals surface area contributed by atoms with Crippen LogP contribution in [-0.4, -0.2) is 32.9 Å². The van der Waals surface area contributed by atoms with E-state index in [0.29, 0.717) is 13.1 Å². The summed E-state index contributed by atoms with van der Waals surface area (Å²) in [7, 11) is 0. The van der Waals surface area contributed by atoms with Gasteiger partial charge in [0.1, 0.15) is 5.60 Å². The molecule has 1 aliphatic heterocycles. The van der Waals surface area contributed by atoms with Crippen molar-refractivity contribution in [2.75, 3.05) is 6.54 Å². The van der Waals surface area contributed by atoms with Gasteiger partial charge in [0.2, 0.25) is 5.91 Å². The lowest BCUT2D eigenvalue weighted by Crippen LogP contribution is -2.36. The number of hydrogen-bond acceptors (Lipinski definition) is 3. The van der Waals surface area contributed by atoms with Crippen molar-refractivity contribution >= 4 is 28.5 Å². The van der Waals surface area contributed by atoms with Gasteiger partial charge in [0.25, 0.3) is 0 Å². The molecule has 6 heteroatoms. The first-order chi connectivity index (χ1) is 6.57. The van der Waals surface area contributed by atoms with Gasteiger partial charge in [-0.05, 0) is 22.6 Å². The highest BCUT2D eigenvalue weighted by atomic mass is 127. The van der Waals surface area contributed by atoms with Crippen LogP contribution in [0.5, 0.6) is 0 Å². The Labute approximate surface area is 94.6 Å². The average molecular weight is 307 g/mol. The van der Waals surface area contributed by atoms with E-state index in [2.05, 4.69) is 33.0 Å². The summed E-state index contributed by atoms with van der Waals surface area (Å²) in [4.78, 5) is 11.0. The van der Waals surface area contributed by atoms with Crippen LogP contribution >= 0.6 is 22.6 Å². The van der Waals surface area contributed by atoms with Crippen molar-refractivity contribution in [3.8, 4) is 0 Å². The number of aromatic nitrogens is 2. The minimum Gasteiger partial charge on any atom is -0.386 e. The van der Waals surface area contributed by atoms with Crippen LogP contribution in [0.15, 0.2) is 12.4 Å². The summed E-state index contributed by atoms with van der Waals surface area (Å²) in [6, 6.07) is 0. The molecule has 1 amide bonds. The van der Waals surface area contributed by atoms with Crippen molar-refractivity contribution < 1.29 is 9.90 Å². The second-order valence-electron chi connectivity index (χ2n) is 3.53. The van der Waals surface area contributed by atoms with Crippen LogP contribution in [0.1, 0.15) is 6.42 Å². The fourth-order valence-electron chi connectivity index (χ4n) is 1.53. The number of hydrogen-bond donors (Lipinski definition) is 2. The van der Waals surface area contributed by atoms with Gasteiger partial charge in [0.15, 0.2) is 0 Å². The Morgan fingerprint density at radius 2 is 2.57 bits per heavy atom. The number of nitrogens with one attached hydrogen (secondary N) is 1. The number of rotatable bonds is 2. The Kier molecular flexibility index (Phi) is 2.48. The first-order valence-electron chi connectivity index (χ1n) is 4.24. The highest BCUT2D eigenvalue weighted by Crippen LogP contribution is 2.17. The zero-order chi connectivity index (χ0) is 10.2. The van der Waals surface area contributed by atoms with Crippen LogP contribution in [0.2, 0.25) is 0 Å². The Hall–Kier alpha value is -0.630. The fraction of sp³-hybridized carbons (Fsp3) is 0.500. The maximum atomic E-state index is 11.0. The van der Waals surface area contributed by atoms with Gasteiger partial charge < -0.3 is 10.4 Å². The molecule has 0 spiro atoms. The van der Waals surface area contributed by atoms with E-state index >= 15 is 0 Å². The third kappa shape index (κ3) is 2.06. The molecule has 0 bridgehead atoms. The van der Waals surface area contributed by atoms with Crippen LogP contribution in [0.25, 0.3) is 0 Å². The summed E-state index contributed by atoms with van der Waals surface area (Å²) in [6.07, 6.45) is 3.71. The maximum Gasteiger partial charge on any atom is 0.223 e. The minimum atomic E-state index is -0.980. The van der Waals surface area contributed by atoms with Gasteiger partial charge in [-0.1, -0.05) is 0 Å². The maximum absolute atomic E-state index is 11.0. The van der Waals surface area contributed by atoms with E-state index in [4.69, 9.17) is 0 Å². The molecule has 76 valence electrons. The molecule has 1 atom stereocenters. The lowest BCUT2D eigenvalue weighted by molar-refractivity contribution is -0.120. The largest absolute Gasteiger partial charge is 0.386 e. The summed E-state index contributed by atoms with van der Waals surface area (Å²) >= 11 is 2.15. The summed E-state index contributed by atoms with van der Waals surface area (Å²) in [6.45, 7) is 0.664. The van der Waals surface area contributed by atoms with Crippen molar-refractivity contribution in [2.45, 2.75) is 18.6 Å². The van der Waals surface area contributed by atoms with Crippen molar-refractivity contribution in [3.63, 3.8) is 0 Å². The van der Waals surface area contributed by atoms with Gasteiger partial charge in [-0.2, -0.15) is 5.10 Å². The molecule has 1 aliphatic rings. The summed E-state index contributed by atoms with van der Waals surface area (Å²) in [5.74, 6) is -0.102. The van der Waals surface area contributed by atoms with Crippen LogP contribution < -0.4 is 5.32 Å². The van der Waals surface area contributed by atoms with Gasteiger partial charge in [-0.15, -0.1) is 0 Å². The highest BCUT2D eigenvalue weighted by molar-refractivity contribution is 14.1. The smallest absolute Gasteiger partial charge is 0.223 e. The molecular formula is C8H10IN3O2. The van der Waals surface area contributed by atoms with Crippen molar-refractivity contribution in [1.29, 1.82) is 0 Å². The van der Waals surface area contributed by atoms with Crippen LogP contribution in [0, 0.1) is 3.57 Å². The van der Waals surface area contributed by atoms with Gasteiger partial charge >= 0.3 is 0 Å². The predicted molar refractivity (Wildman–Crippen MR) is 57.5 cm³/mol. The number of amides is 1. The number of nitrogens with zero attached hydrogens (tertiary/aromatic N) is 2. The summed E-state index contributed by atoms with van der Waals surface area (Å²) in [5.41, 5.74) is -0.980. The van der Waals surface area contributed by atoms with Crippen LogP contribution in [-0.2, 0) is 11.3 Å². The third-order valence-electron chi connectivity index (χ3n) is 2.16. The Bertz CT molecular complexity index is 365. The van der Waals surface area contributed by atoms with Crippen LogP contribution in [0.4, 0.5) is 0 Å². The number of aliphatic hydroxyl groups is 1. The van der Waals surface area contributed by atoms with E-state index < -0.39 is 5.60 Å². The van der Waals surface area contributed by atoms with Crippen molar-refractivity contribution in [2.24, 2.45) is 0 Å². The molecule has 2 heterocycles. The van der Waals surface area contributed by atoms with Crippen molar-refractivity contribution in [1.82, 2.24) is 15.1 Å². The van der Waals surface area contributed by atoms with E-state index in [1.54, 1.807) is 10.9 Å². The molecule has 0 aromatic carbocycles. The quantitative estimate of drug-likeness (QED) is 0.740. The van der Waals surface area contributed by atoms with E-state index in [0.717, 1.165) is 3.57 Å². The van der Waals surface area contributed by atoms with E-state index in [1.165, 1.54) is 0 Å². The Balaban J connectivity index is 2.07. The first kappa shape index (κ1) is 9.91. The van der Waals surface area contributed by atoms with E-state index in [-0.39, 0.29) is 12.3 Å². The van der Waals surface area contributed by atoms with Crippen molar-refractivity contribution in [3.05, 3.63) is 16.0 Å². The summed E-state index contributed by atoms with van der Waals surface area (Å²) < 4.78 is 2.67. The molecule has 1 fully saturated rings. The molecule has 0 aliphatic carbocycles. The number of carbonyl (C=O) groups excluding carboxylic acids is 1.